The third-order valence-electron chi connectivity index (χ3n) is 5.37. The van der Waals surface area contributed by atoms with E-state index in [9.17, 15) is 9.59 Å². The van der Waals surface area contributed by atoms with E-state index in [2.05, 4.69) is 15.7 Å². The number of allylic oxidation sites excluding steroid dienone is 1. The molecule has 3 rings (SSSR count). The van der Waals surface area contributed by atoms with Crippen molar-refractivity contribution < 1.29 is 14.3 Å². The molecule has 1 atom stereocenters. The topological polar surface area (TPSA) is 133 Å². The van der Waals surface area contributed by atoms with Gasteiger partial charge in [0, 0.05) is 17.5 Å². The van der Waals surface area contributed by atoms with E-state index in [1.807, 2.05) is 0 Å². The summed E-state index contributed by atoms with van der Waals surface area (Å²) in [6, 6.07) is -0.534. The summed E-state index contributed by atoms with van der Waals surface area (Å²) in [5.74, 6) is 0.972. The fraction of sp³-hybridized carbons (Fsp3) is 0.550. The van der Waals surface area contributed by atoms with Crippen LogP contribution < -0.4 is 10.6 Å². The lowest BCUT2D eigenvalue weighted by Crippen LogP contribution is -2.47. The Morgan fingerprint density at radius 1 is 1.34 bits per heavy atom. The molecule has 9 nitrogen and oxygen atoms in total. The van der Waals surface area contributed by atoms with Crippen molar-refractivity contribution in [2.24, 2.45) is 17.8 Å². The normalized spacial score (nSPS) is 17.6. The Morgan fingerprint density at radius 3 is 2.52 bits per heavy atom. The molecule has 29 heavy (non-hydrogen) atoms. The smallest absolute Gasteiger partial charge is 0.247 e. The van der Waals surface area contributed by atoms with Gasteiger partial charge in [0.15, 0.2) is 0 Å². The van der Waals surface area contributed by atoms with Gasteiger partial charge < -0.3 is 20.8 Å². The molecule has 2 aliphatic carbocycles. The molecule has 1 aromatic rings. The first-order valence-electron chi connectivity index (χ1n) is 9.84. The van der Waals surface area contributed by atoms with Crippen LogP contribution in [-0.4, -0.2) is 46.9 Å². The molecule has 2 aliphatic rings. The Kier molecular flexibility index (Phi) is 6.46. The van der Waals surface area contributed by atoms with Crippen molar-refractivity contribution in [1.29, 1.82) is 10.8 Å². The molecular formula is C20H28N6O3. The first-order chi connectivity index (χ1) is 13.9. The van der Waals surface area contributed by atoms with Crippen molar-refractivity contribution in [1.82, 2.24) is 15.1 Å². The Balaban J connectivity index is 1.67. The Bertz CT molecular complexity index is 810. The number of hydrogen-bond acceptors (Lipinski definition) is 6. The van der Waals surface area contributed by atoms with E-state index in [1.54, 1.807) is 23.9 Å². The van der Waals surface area contributed by atoms with Crippen LogP contribution in [0, 0.1) is 28.6 Å². The Morgan fingerprint density at radius 2 is 2.00 bits per heavy atom. The van der Waals surface area contributed by atoms with Gasteiger partial charge in [-0.25, -0.2) is 0 Å². The summed E-state index contributed by atoms with van der Waals surface area (Å²) in [7, 11) is 1.40. The maximum absolute atomic E-state index is 12.9. The number of aromatic nitrogens is 2. The first kappa shape index (κ1) is 20.8. The van der Waals surface area contributed by atoms with Gasteiger partial charge in [-0.1, -0.05) is 0 Å². The lowest BCUT2D eigenvalue weighted by Gasteiger charge is -2.25. The maximum atomic E-state index is 12.9. The summed E-state index contributed by atoms with van der Waals surface area (Å²) in [6.07, 6.45) is 9.84. The lowest BCUT2D eigenvalue weighted by molar-refractivity contribution is -0.123. The predicted octanol–water partition coefficient (Wildman–Crippen LogP) is 1.96. The van der Waals surface area contributed by atoms with Gasteiger partial charge in [-0.05, 0) is 56.4 Å². The largest absolute Gasteiger partial charge is 0.481 e. The minimum absolute atomic E-state index is 0.0374. The average molecular weight is 400 g/mol. The number of hydrogen-bond donors (Lipinski definition) is 4. The molecule has 1 heterocycles. The summed E-state index contributed by atoms with van der Waals surface area (Å²) in [5, 5.41) is 25.3. The van der Waals surface area contributed by atoms with Crippen LogP contribution in [0.2, 0.25) is 0 Å². The summed E-state index contributed by atoms with van der Waals surface area (Å²) < 4.78 is 6.53. The van der Waals surface area contributed by atoms with Crippen molar-refractivity contribution in [2.75, 3.05) is 12.4 Å². The van der Waals surface area contributed by atoms with E-state index in [0.29, 0.717) is 35.2 Å². The van der Waals surface area contributed by atoms with E-state index in [1.165, 1.54) is 13.3 Å². The Hall–Kier alpha value is -2.97. The number of nitrogens with one attached hydrogen (secondary N) is 4. The second-order valence-corrected chi connectivity index (χ2v) is 7.82. The first-order valence-corrected chi connectivity index (χ1v) is 9.84. The molecule has 156 valence electrons. The van der Waals surface area contributed by atoms with Gasteiger partial charge in [0.1, 0.15) is 6.04 Å². The third-order valence-corrected chi connectivity index (χ3v) is 5.37. The minimum atomic E-state index is -0.534. The summed E-state index contributed by atoms with van der Waals surface area (Å²) >= 11 is 0. The fourth-order valence-electron chi connectivity index (χ4n) is 3.81. The van der Waals surface area contributed by atoms with Crippen LogP contribution in [0.4, 0.5) is 5.69 Å². The molecule has 2 saturated carbocycles. The van der Waals surface area contributed by atoms with Crippen LogP contribution in [-0.2, 0) is 20.9 Å². The van der Waals surface area contributed by atoms with Crippen molar-refractivity contribution in [3.8, 4) is 0 Å². The van der Waals surface area contributed by atoms with Crippen molar-refractivity contribution in [3.05, 3.63) is 24.0 Å². The number of amides is 2. The highest BCUT2D eigenvalue weighted by atomic mass is 16.5. The molecule has 0 saturated heterocycles. The van der Waals surface area contributed by atoms with Crippen LogP contribution in [0.15, 0.2) is 24.0 Å². The quantitative estimate of drug-likeness (QED) is 0.257. The molecule has 0 aliphatic heterocycles. The number of carbonyl (C=O) groups is 2. The van der Waals surface area contributed by atoms with E-state index in [-0.39, 0.29) is 24.3 Å². The molecule has 0 spiro atoms. The van der Waals surface area contributed by atoms with Crippen LogP contribution in [0.25, 0.3) is 0 Å². The molecule has 2 fully saturated rings. The van der Waals surface area contributed by atoms with Gasteiger partial charge in [0.05, 0.1) is 25.5 Å². The van der Waals surface area contributed by atoms with Crippen LogP contribution in [0.1, 0.15) is 32.6 Å². The van der Waals surface area contributed by atoms with Gasteiger partial charge in [0.25, 0.3) is 0 Å². The number of anilines is 1. The molecular weight excluding hydrogens is 372 g/mol. The second kappa shape index (κ2) is 9.02. The SMILES string of the molecule is COC(=N)/C(=C\C(C)=N)Cn1cc(NC(=O)C(NC=O)C(C2CC2)C2CC2)cn1. The zero-order valence-corrected chi connectivity index (χ0v) is 16.8. The minimum Gasteiger partial charge on any atom is -0.481 e. The highest BCUT2D eigenvalue weighted by molar-refractivity contribution is 6.00. The van der Waals surface area contributed by atoms with Gasteiger partial charge in [0.2, 0.25) is 18.2 Å². The molecule has 0 aromatic carbocycles. The highest BCUT2D eigenvalue weighted by Gasteiger charge is 2.47. The molecule has 0 bridgehead atoms. The lowest BCUT2D eigenvalue weighted by atomic mass is 9.89. The molecule has 9 heteroatoms. The van der Waals surface area contributed by atoms with E-state index >= 15 is 0 Å². The summed E-state index contributed by atoms with van der Waals surface area (Å²) in [4.78, 5) is 24.0. The molecule has 0 radical (unpaired) electrons. The van der Waals surface area contributed by atoms with Gasteiger partial charge in [-0.3, -0.25) is 19.7 Å². The number of carbonyl (C=O) groups excluding carboxylic acids is 2. The van der Waals surface area contributed by atoms with Crippen molar-refractivity contribution >= 4 is 29.6 Å². The highest BCUT2D eigenvalue weighted by Crippen LogP contribution is 2.50. The van der Waals surface area contributed by atoms with Gasteiger partial charge in [-0.15, -0.1) is 0 Å². The standard InChI is InChI=1S/C20H28N6O3/c1-12(21)7-15(19(22)29-2)9-26-10-16(8-24-26)25-20(28)18(23-11-27)17(13-3-4-13)14-5-6-14/h7-8,10-11,13-14,17-18,21-22H,3-6,9H2,1-2H3,(H,23,27)(H,25,28)/b15-7-,21-12?,22-19?. The second-order valence-electron chi connectivity index (χ2n) is 7.82. The molecule has 1 aromatic heterocycles. The molecule has 4 N–H and O–H groups in total. The van der Waals surface area contributed by atoms with Crippen LogP contribution >= 0.6 is 0 Å². The average Bonchev–Trinajstić information content (AvgIpc) is 3.61. The molecule has 2 amide bonds. The maximum Gasteiger partial charge on any atom is 0.247 e. The summed E-state index contributed by atoms with van der Waals surface area (Å²) in [6.45, 7) is 1.86. The number of ether oxygens (including phenoxy) is 1. The summed E-state index contributed by atoms with van der Waals surface area (Å²) in [5.41, 5.74) is 1.33. The number of nitrogens with zero attached hydrogens (tertiary/aromatic N) is 2. The van der Waals surface area contributed by atoms with Crippen molar-refractivity contribution in [3.63, 3.8) is 0 Å². The zero-order chi connectivity index (χ0) is 21.0. The third kappa shape index (κ3) is 5.52. The zero-order valence-electron chi connectivity index (χ0n) is 16.8. The van der Waals surface area contributed by atoms with Gasteiger partial charge >= 0.3 is 0 Å². The van der Waals surface area contributed by atoms with Crippen LogP contribution in [0.3, 0.4) is 0 Å². The monoisotopic (exact) mass is 400 g/mol. The Labute approximate surface area is 169 Å². The van der Waals surface area contributed by atoms with E-state index < -0.39 is 6.04 Å². The molecule has 1 unspecified atom stereocenters. The number of methoxy groups -OCH3 is 1. The van der Waals surface area contributed by atoms with Crippen molar-refractivity contribution in [2.45, 2.75) is 45.2 Å². The predicted molar refractivity (Wildman–Crippen MR) is 109 cm³/mol. The van der Waals surface area contributed by atoms with Crippen LogP contribution in [0.5, 0.6) is 0 Å². The number of rotatable bonds is 11. The van der Waals surface area contributed by atoms with E-state index in [4.69, 9.17) is 15.6 Å². The van der Waals surface area contributed by atoms with E-state index in [0.717, 1.165) is 25.7 Å². The van der Waals surface area contributed by atoms with Gasteiger partial charge in [-0.2, -0.15) is 5.10 Å². The fourth-order valence-corrected chi connectivity index (χ4v) is 3.81.